The first kappa shape index (κ1) is 18.6. The van der Waals surface area contributed by atoms with Crippen LogP contribution < -0.4 is 19.7 Å². The Morgan fingerprint density at radius 2 is 1.85 bits per heavy atom. The smallest absolute Gasteiger partial charge is 0.325 e. The second-order valence-corrected chi connectivity index (χ2v) is 6.31. The Bertz CT molecular complexity index is 853. The van der Waals surface area contributed by atoms with Gasteiger partial charge in [-0.05, 0) is 36.8 Å². The molecule has 3 amide bonds. The van der Waals surface area contributed by atoms with E-state index in [0.717, 1.165) is 11.3 Å². The molecule has 0 spiro atoms. The lowest BCUT2D eigenvalue weighted by atomic mass is 10.2. The molecule has 0 aromatic heterocycles. The van der Waals surface area contributed by atoms with Crippen molar-refractivity contribution in [1.29, 1.82) is 0 Å². The summed E-state index contributed by atoms with van der Waals surface area (Å²) in [6.45, 7) is 2.96. The van der Waals surface area contributed by atoms with Crippen molar-refractivity contribution in [3.05, 3.63) is 48.0 Å². The average Bonchev–Trinajstić information content (AvgIpc) is 3.01. The van der Waals surface area contributed by atoms with Crippen molar-refractivity contribution in [2.45, 2.75) is 6.92 Å². The lowest BCUT2D eigenvalue weighted by Gasteiger charge is -2.19. The molecule has 7 heteroatoms. The van der Waals surface area contributed by atoms with Crippen LogP contribution in [0.1, 0.15) is 5.56 Å². The molecule has 0 radical (unpaired) electrons. The van der Waals surface area contributed by atoms with E-state index in [4.69, 9.17) is 9.47 Å². The normalized spacial score (nSPS) is 13.7. The highest BCUT2D eigenvalue weighted by molar-refractivity contribution is 5.99. The van der Waals surface area contributed by atoms with E-state index in [2.05, 4.69) is 5.32 Å². The Kier molecular flexibility index (Phi) is 5.49. The molecule has 3 rings (SSSR count). The molecule has 27 heavy (non-hydrogen) atoms. The predicted molar refractivity (Wildman–Crippen MR) is 104 cm³/mol. The van der Waals surface area contributed by atoms with Crippen molar-refractivity contribution >= 4 is 23.3 Å². The Morgan fingerprint density at radius 1 is 1.07 bits per heavy atom. The number of hydrogen-bond acceptors (Lipinski definition) is 4. The lowest BCUT2D eigenvalue weighted by molar-refractivity contribution is -0.116. The van der Waals surface area contributed by atoms with E-state index in [1.54, 1.807) is 37.3 Å². The van der Waals surface area contributed by atoms with Gasteiger partial charge in [0.2, 0.25) is 5.91 Å². The van der Waals surface area contributed by atoms with E-state index in [9.17, 15) is 9.59 Å². The SMILES string of the molecule is COc1ccc(N2CCN(CC(=O)Nc3cccc(C)c3)C2=O)cc1OC. The molecule has 0 unspecified atom stereocenters. The van der Waals surface area contributed by atoms with Gasteiger partial charge in [0.1, 0.15) is 6.54 Å². The zero-order valence-electron chi connectivity index (χ0n) is 15.7. The van der Waals surface area contributed by atoms with E-state index < -0.39 is 0 Å². The van der Waals surface area contributed by atoms with Crippen molar-refractivity contribution in [3.63, 3.8) is 0 Å². The molecule has 0 aliphatic carbocycles. The molecule has 1 aliphatic rings. The summed E-state index contributed by atoms with van der Waals surface area (Å²) < 4.78 is 10.5. The number of benzene rings is 2. The highest BCUT2D eigenvalue weighted by Gasteiger charge is 2.31. The van der Waals surface area contributed by atoms with E-state index in [-0.39, 0.29) is 18.5 Å². The van der Waals surface area contributed by atoms with Crippen LogP contribution >= 0.6 is 0 Å². The Balaban J connectivity index is 1.65. The number of carbonyl (C=O) groups excluding carboxylic acids is 2. The fourth-order valence-corrected chi connectivity index (χ4v) is 3.06. The summed E-state index contributed by atoms with van der Waals surface area (Å²) in [7, 11) is 3.11. The van der Waals surface area contributed by atoms with Crippen LogP contribution in [-0.2, 0) is 4.79 Å². The van der Waals surface area contributed by atoms with Gasteiger partial charge < -0.3 is 19.7 Å². The summed E-state index contributed by atoms with van der Waals surface area (Å²) in [6, 6.07) is 12.7. The van der Waals surface area contributed by atoms with Gasteiger partial charge in [0.15, 0.2) is 11.5 Å². The van der Waals surface area contributed by atoms with Crippen LogP contribution in [0.5, 0.6) is 11.5 Å². The maximum atomic E-state index is 12.7. The molecule has 2 aromatic rings. The van der Waals surface area contributed by atoms with E-state index in [1.807, 2.05) is 31.2 Å². The predicted octanol–water partition coefficient (Wildman–Crippen LogP) is 2.89. The van der Waals surface area contributed by atoms with Crippen LogP contribution in [-0.4, -0.2) is 50.7 Å². The number of rotatable bonds is 6. The van der Waals surface area contributed by atoms with Crippen molar-refractivity contribution in [2.75, 3.05) is 44.1 Å². The number of nitrogens with zero attached hydrogens (tertiary/aromatic N) is 2. The molecule has 142 valence electrons. The molecule has 0 saturated carbocycles. The summed E-state index contributed by atoms with van der Waals surface area (Å²) in [4.78, 5) is 28.2. The van der Waals surface area contributed by atoms with Gasteiger partial charge >= 0.3 is 6.03 Å². The van der Waals surface area contributed by atoms with Gasteiger partial charge in [0.05, 0.1) is 14.2 Å². The number of urea groups is 1. The van der Waals surface area contributed by atoms with E-state index in [1.165, 1.54) is 4.90 Å². The maximum Gasteiger partial charge on any atom is 0.325 e. The summed E-state index contributed by atoms with van der Waals surface area (Å²) >= 11 is 0. The first-order valence-corrected chi connectivity index (χ1v) is 8.67. The molecule has 1 N–H and O–H groups in total. The first-order valence-electron chi connectivity index (χ1n) is 8.67. The van der Waals surface area contributed by atoms with Gasteiger partial charge in [-0.15, -0.1) is 0 Å². The molecular weight excluding hydrogens is 346 g/mol. The monoisotopic (exact) mass is 369 g/mol. The number of hydrogen-bond donors (Lipinski definition) is 1. The number of aryl methyl sites for hydroxylation is 1. The third-order valence-corrected chi connectivity index (χ3v) is 4.41. The van der Waals surface area contributed by atoms with Crippen molar-refractivity contribution in [3.8, 4) is 11.5 Å². The molecule has 2 aromatic carbocycles. The molecule has 0 atom stereocenters. The van der Waals surface area contributed by atoms with Gasteiger partial charge in [0.25, 0.3) is 0 Å². The van der Waals surface area contributed by atoms with Crippen molar-refractivity contribution in [1.82, 2.24) is 4.90 Å². The lowest BCUT2D eigenvalue weighted by Crippen LogP contribution is -2.37. The van der Waals surface area contributed by atoms with Crippen LogP contribution in [0.4, 0.5) is 16.2 Å². The van der Waals surface area contributed by atoms with Gasteiger partial charge in [-0.1, -0.05) is 12.1 Å². The zero-order valence-corrected chi connectivity index (χ0v) is 15.7. The number of anilines is 2. The van der Waals surface area contributed by atoms with Gasteiger partial charge in [0, 0.05) is 30.5 Å². The number of amides is 3. The average molecular weight is 369 g/mol. The Morgan fingerprint density at radius 3 is 2.56 bits per heavy atom. The molecule has 1 aliphatic heterocycles. The largest absolute Gasteiger partial charge is 0.493 e. The van der Waals surface area contributed by atoms with Crippen LogP contribution in [0.3, 0.4) is 0 Å². The third-order valence-electron chi connectivity index (χ3n) is 4.41. The van der Waals surface area contributed by atoms with Crippen LogP contribution in [0.25, 0.3) is 0 Å². The van der Waals surface area contributed by atoms with Crippen molar-refractivity contribution in [2.24, 2.45) is 0 Å². The minimum absolute atomic E-state index is 0.0105. The molecule has 1 heterocycles. The number of methoxy groups -OCH3 is 2. The fraction of sp³-hybridized carbons (Fsp3) is 0.300. The minimum Gasteiger partial charge on any atom is -0.493 e. The van der Waals surface area contributed by atoms with Crippen molar-refractivity contribution < 1.29 is 19.1 Å². The first-order chi connectivity index (χ1) is 13.0. The highest BCUT2D eigenvalue weighted by Crippen LogP contribution is 2.32. The molecule has 1 fully saturated rings. The van der Waals surface area contributed by atoms with Crippen LogP contribution in [0, 0.1) is 6.92 Å². The number of carbonyl (C=O) groups is 2. The second kappa shape index (κ2) is 7.99. The van der Waals surface area contributed by atoms with Crippen LogP contribution in [0.15, 0.2) is 42.5 Å². The summed E-state index contributed by atoms with van der Waals surface area (Å²) in [5.41, 5.74) is 2.49. The fourth-order valence-electron chi connectivity index (χ4n) is 3.06. The standard InChI is InChI=1S/C20H23N3O4/c1-14-5-4-6-15(11-14)21-19(24)13-22-9-10-23(20(22)25)16-7-8-17(26-2)18(12-16)27-3/h4-8,11-12H,9-10,13H2,1-3H3,(H,21,24). The molecule has 7 nitrogen and oxygen atoms in total. The number of ether oxygens (including phenoxy) is 2. The second-order valence-electron chi connectivity index (χ2n) is 6.31. The van der Waals surface area contributed by atoms with E-state index in [0.29, 0.717) is 30.3 Å². The molecular formula is C20H23N3O4. The highest BCUT2D eigenvalue weighted by atomic mass is 16.5. The maximum absolute atomic E-state index is 12.7. The zero-order chi connectivity index (χ0) is 19.4. The third kappa shape index (κ3) is 4.13. The molecule has 1 saturated heterocycles. The topological polar surface area (TPSA) is 71.1 Å². The Labute approximate surface area is 158 Å². The summed E-state index contributed by atoms with van der Waals surface area (Å²) in [5, 5.41) is 2.83. The minimum atomic E-state index is -0.219. The molecule has 0 bridgehead atoms. The summed E-state index contributed by atoms with van der Waals surface area (Å²) in [6.07, 6.45) is 0. The van der Waals surface area contributed by atoms with Gasteiger partial charge in [-0.25, -0.2) is 4.79 Å². The quantitative estimate of drug-likeness (QED) is 0.850. The van der Waals surface area contributed by atoms with Gasteiger partial charge in [-0.2, -0.15) is 0 Å². The van der Waals surface area contributed by atoms with E-state index >= 15 is 0 Å². The summed E-state index contributed by atoms with van der Waals surface area (Å²) in [5.74, 6) is 0.934. The van der Waals surface area contributed by atoms with Gasteiger partial charge in [-0.3, -0.25) is 9.69 Å². The van der Waals surface area contributed by atoms with Crippen LogP contribution in [0.2, 0.25) is 0 Å². The number of nitrogens with one attached hydrogen (secondary N) is 1. The Hall–Kier alpha value is -3.22.